The van der Waals surface area contributed by atoms with Crippen molar-refractivity contribution in [3.63, 3.8) is 0 Å². The lowest BCUT2D eigenvalue weighted by atomic mass is 10.0. The van der Waals surface area contributed by atoms with Crippen molar-refractivity contribution in [1.82, 2.24) is 19.3 Å². The van der Waals surface area contributed by atoms with Crippen LogP contribution in [-0.2, 0) is 27.4 Å². The summed E-state index contributed by atoms with van der Waals surface area (Å²) in [4.78, 5) is 23.4. The van der Waals surface area contributed by atoms with E-state index in [1.807, 2.05) is 0 Å². The van der Waals surface area contributed by atoms with Crippen LogP contribution in [0.15, 0.2) is 59.9 Å². The summed E-state index contributed by atoms with van der Waals surface area (Å²) >= 11 is 0. The number of halogens is 5. The average molecular weight is 526 g/mol. The van der Waals surface area contributed by atoms with Crippen LogP contribution >= 0.6 is 0 Å². The van der Waals surface area contributed by atoms with E-state index >= 15 is 0 Å². The molecule has 1 aliphatic rings. The number of rotatable bonds is 7. The van der Waals surface area contributed by atoms with E-state index in [4.69, 9.17) is 0 Å². The maximum atomic E-state index is 14.2. The van der Waals surface area contributed by atoms with Crippen LogP contribution in [0.3, 0.4) is 0 Å². The van der Waals surface area contributed by atoms with Crippen LogP contribution in [0.5, 0.6) is 0 Å². The number of hydrogen-bond donors (Lipinski definition) is 0. The number of alkyl halides is 4. The number of sulfonamides is 1. The molecule has 0 bridgehead atoms. The standard InChI is InChI=1S/C23H19F5N4O3S/c24-16-2-4-18(5-3-16)36(34,35)32-13-17(25)10-20(32)21(33)6-1-14-7-8-29-19(9-14)15-11-30-22(31-12-15)23(26,27)28/h2-5,7-9,11-12,17,20H,1,6,10,13H2/t17-,20+/m1/s1. The van der Waals surface area contributed by atoms with Gasteiger partial charge >= 0.3 is 6.18 Å². The summed E-state index contributed by atoms with van der Waals surface area (Å²) in [7, 11) is -4.22. The van der Waals surface area contributed by atoms with E-state index in [1.54, 1.807) is 12.1 Å². The molecule has 36 heavy (non-hydrogen) atoms. The van der Waals surface area contributed by atoms with Gasteiger partial charge in [0.1, 0.15) is 12.0 Å². The first-order chi connectivity index (χ1) is 16.9. The molecule has 2 aromatic heterocycles. The van der Waals surface area contributed by atoms with Gasteiger partial charge in [-0.25, -0.2) is 27.2 Å². The fourth-order valence-electron chi connectivity index (χ4n) is 3.89. The predicted octanol–water partition coefficient (Wildman–Crippen LogP) is 4.00. The van der Waals surface area contributed by atoms with Gasteiger partial charge in [0.05, 0.1) is 16.6 Å². The van der Waals surface area contributed by atoms with Crippen molar-refractivity contribution in [2.24, 2.45) is 0 Å². The fourth-order valence-corrected chi connectivity index (χ4v) is 5.53. The maximum Gasteiger partial charge on any atom is 0.451 e. The van der Waals surface area contributed by atoms with E-state index < -0.39 is 52.4 Å². The normalized spacial score (nSPS) is 18.9. The Morgan fingerprint density at radius 3 is 2.36 bits per heavy atom. The smallest absolute Gasteiger partial charge is 0.298 e. The SMILES string of the molecule is O=C(CCc1ccnc(-c2cnc(C(F)(F)F)nc2)c1)[C@@H]1C[C@@H](F)CN1S(=O)(=O)c1ccc(F)cc1. The quantitative estimate of drug-likeness (QED) is 0.432. The number of aryl methyl sites for hydroxylation is 1. The Morgan fingerprint density at radius 2 is 1.72 bits per heavy atom. The van der Waals surface area contributed by atoms with Gasteiger partial charge in [0, 0.05) is 43.5 Å². The van der Waals surface area contributed by atoms with Gasteiger partial charge in [0.2, 0.25) is 15.8 Å². The summed E-state index contributed by atoms with van der Waals surface area (Å²) in [6, 6.07) is 5.99. The predicted molar refractivity (Wildman–Crippen MR) is 117 cm³/mol. The molecule has 1 aliphatic heterocycles. The zero-order valence-electron chi connectivity index (χ0n) is 18.5. The lowest BCUT2D eigenvalue weighted by Gasteiger charge is -2.22. The zero-order valence-corrected chi connectivity index (χ0v) is 19.3. The summed E-state index contributed by atoms with van der Waals surface area (Å²) in [5.41, 5.74) is 1.14. The van der Waals surface area contributed by atoms with Gasteiger partial charge in [0.15, 0.2) is 5.78 Å². The van der Waals surface area contributed by atoms with E-state index in [0.29, 0.717) is 11.3 Å². The average Bonchev–Trinajstić information content (AvgIpc) is 3.25. The number of carbonyl (C=O) groups is 1. The molecule has 0 aliphatic carbocycles. The van der Waals surface area contributed by atoms with Crippen molar-refractivity contribution in [3.05, 3.63) is 72.2 Å². The number of hydrogen-bond acceptors (Lipinski definition) is 6. The number of aromatic nitrogens is 3. The zero-order chi connectivity index (χ0) is 26.1. The Balaban J connectivity index is 1.46. The molecule has 0 radical (unpaired) electrons. The highest BCUT2D eigenvalue weighted by atomic mass is 32.2. The van der Waals surface area contributed by atoms with E-state index in [2.05, 4.69) is 15.0 Å². The molecule has 4 rings (SSSR count). The van der Waals surface area contributed by atoms with Crippen LogP contribution in [0.2, 0.25) is 0 Å². The Kier molecular flexibility index (Phi) is 7.14. The van der Waals surface area contributed by atoms with Gasteiger partial charge in [-0.3, -0.25) is 9.78 Å². The molecule has 7 nitrogen and oxygen atoms in total. The van der Waals surface area contributed by atoms with Crippen LogP contribution < -0.4 is 0 Å². The highest BCUT2D eigenvalue weighted by Gasteiger charge is 2.43. The minimum atomic E-state index is -4.68. The lowest BCUT2D eigenvalue weighted by molar-refractivity contribution is -0.145. The Hall–Kier alpha value is -3.32. The van der Waals surface area contributed by atoms with Crippen LogP contribution in [0, 0.1) is 5.82 Å². The number of ketones is 1. The van der Waals surface area contributed by atoms with Crippen molar-refractivity contribution in [3.8, 4) is 11.3 Å². The van der Waals surface area contributed by atoms with Gasteiger partial charge in [-0.2, -0.15) is 17.5 Å². The molecule has 0 N–H and O–H groups in total. The van der Waals surface area contributed by atoms with Crippen molar-refractivity contribution < 1.29 is 35.2 Å². The van der Waals surface area contributed by atoms with E-state index in [1.165, 1.54) is 6.20 Å². The van der Waals surface area contributed by atoms with Crippen molar-refractivity contribution in [1.29, 1.82) is 0 Å². The first kappa shape index (κ1) is 25.8. The summed E-state index contributed by atoms with van der Waals surface area (Å²) in [6.45, 7) is -0.483. The molecule has 13 heteroatoms. The summed E-state index contributed by atoms with van der Waals surface area (Å²) < 4.78 is 92.2. The minimum Gasteiger partial charge on any atom is -0.298 e. The topological polar surface area (TPSA) is 93.1 Å². The monoisotopic (exact) mass is 526 g/mol. The summed E-state index contributed by atoms with van der Waals surface area (Å²) in [5, 5.41) is 0. The van der Waals surface area contributed by atoms with Crippen LogP contribution in [0.4, 0.5) is 22.0 Å². The molecule has 1 saturated heterocycles. The van der Waals surface area contributed by atoms with E-state index in [9.17, 15) is 35.2 Å². The van der Waals surface area contributed by atoms with Gasteiger partial charge in [-0.05, 0) is 48.4 Å². The van der Waals surface area contributed by atoms with Gasteiger partial charge in [-0.15, -0.1) is 0 Å². The molecular weight excluding hydrogens is 507 g/mol. The molecule has 2 atom stereocenters. The highest BCUT2D eigenvalue weighted by Crippen LogP contribution is 2.30. The second kappa shape index (κ2) is 9.97. The van der Waals surface area contributed by atoms with E-state index in [-0.39, 0.29) is 29.7 Å². The molecule has 1 fully saturated rings. The molecule has 1 aromatic carbocycles. The number of carbonyl (C=O) groups excluding carboxylic acids is 1. The summed E-state index contributed by atoms with van der Waals surface area (Å²) in [5.74, 6) is -2.40. The van der Waals surface area contributed by atoms with Gasteiger partial charge in [-0.1, -0.05) is 0 Å². The third kappa shape index (κ3) is 5.57. The number of pyridine rings is 1. The number of Topliss-reactive ketones (excluding diaryl/α,β-unsaturated/α-hetero) is 1. The second-order valence-electron chi connectivity index (χ2n) is 8.19. The highest BCUT2D eigenvalue weighted by molar-refractivity contribution is 7.89. The second-order valence-corrected chi connectivity index (χ2v) is 10.1. The lowest BCUT2D eigenvalue weighted by Crippen LogP contribution is -2.40. The van der Waals surface area contributed by atoms with Crippen molar-refractivity contribution in [2.45, 2.75) is 42.5 Å². The fraction of sp³-hybridized carbons (Fsp3) is 0.304. The van der Waals surface area contributed by atoms with Gasteiger partial charge in [0.25, 0.3) is 0 Å². The first-order valence-electron chi connectivity index (χ1n) is 10.7. The van der Waals surface area contributed by atoms with Gasteiger partial charge < -0.3 is 0 Å². The summed E-state index contributed by atoms with van der Waals surface area (Å²) in [6.07, 6.45) is -3.05. The minimum absolute atomic E-state index is 0.111. The molecule has 0 unspecified atom stereocenters. The Bertz CT molecular complexity index is 1350. The van der Waals surface area contributed by atoms with Crippen LogP contribution in [0.1, 0.15) is 24.2 Å². The Morgan fingerprint density at radius 1 is 1.06 bits per heavy atom. The third-order valence-corrected chi connectivity index (χ3v) is 7.57. The number of nitrogens with zero attached hydrogens (tertiary/aromatic N) is 4. The van der Waals surface area contributed by atoms with Crippen molar-refractivity contribution in [2.75, 3.05) is 6.54 Å². The Labute approximate surface area is 203 Å². The van der Waals surface area contributed by atoms with E-state index in [0.717, 1.165) is 41.0 Å². The first-order valence-corrected chi connectivity index (χ1v) is 12.2. The molecule has 3 aromatic rings. The largest absolute Gasteiger partial charge is 0.451 e. The molecule has 0 saturated carbocycles. The van der Waals surface area contributed by atoms with Crippen LogP contribution in [-0.4, -0.2) is 52.2 Å². The maximum absolute atomic E-state index is 14.2. The number of benzene rings is 1. The molecule has 0 amide bonds. The van der Waals surface area contributed by atoms with Crippen LogP contribution in [0.25, 0.3) is 11.3 Å². The molecule has 190 valence electrons. The molecule has 3 heterocycles. The molecule has 0 spiro atoms. The third-order valence-electron chi connectivity index (χ3n) is 5.68. The van der Waals surface area contributed by atoms with Crippen molar-refractivity contribution >= 4 is 15.8 Å². The molecular formula is C23H19F5N4O3S.